The largest absolute Gasteiger partial charge is 0.376 e. The third kappa shape index (κ3) is 7.18. The highest BCUT2D eigenvalue weighted by atomic mass is 32.2. The quantitative estimate of drug-likeness (QED) is 0.435. The summed E-state index contributed by atoms with van der Waals surface area (Å²) in [6.07, 6.45) is 3.23. The molecule has 5 atom stereocenters. The summed E-state index contributed by atoms with van der Waals surface area (Å²) in [5.41, 5.74) is 0.661. The van der Waals surface area contributed by atoms with Crippen molar-refractivity contribution < 1.29 is 31.1 Å². The predicted octanol–water partition coefficient (Wildman–Crippen LogP) is 5.12. The zero-order chi connectivity index (χ0) is 30.1. The van der Waals surface area contributed by atoms with Gasteiger partial charge < -0.3 is 15.4 Å². The summed E-state index contributed by atoms with van der Waals surface area (Å²) >= 11 is 0. The highest BCUT2D eigenvalue weighted by molar-refractivity contribution is 7.89. The number of piperazine rings is 1. The number of carbonyl (C=O) groups excluding carboxylic acids is 1. The van der Waals surface area contributed by atoms with Gasteiger partial charge in [0.1, 0.15) is 5.82 Å². The van der Waals surface area contributed by atoms with Gasteiger partial charge in [-0.3, -0.25) is 4.79 Å². The van der Waals surface area contributed by atoms with Gasteiger partial charge in [-0.15, -0.1) is 0 Å². The number of hydrogen-bond donors (Lipinski definition) is 2. The first kappa shape index (κ1) is 31.0. The third-order valence-electron chi connectivity index (χ3n) is 8.97. The fourth-order valence-electron chi connectivity index (χ4n) is 6.80. The Hall–Kier alpha value is -2.47. The summed E-state index contributed by atoms with van der Waals surface area (Å²) in [5, 5.41) is 6.20. The summed E-state index contributed by atoms with van der Waals surface area (Å²) in [6, 6.07) is 8.18. The first-order valence-electron chi connectivity index (χ1n) is 14.8. The lowest BCUT2D eigenvalue weighted by Gasteiger charge is -2.39. The van der Waals surface area contributed by atoms with Gasteiger partial charge in [-0.05, 0) is 94.0 Å². The van der Waals surface area contributed by atoms with Crippen molar-refractivity contribution in [3.8, 4) is 0 Å². The Morgan fingerprint density at radius 2 is 1.90 bits per heavy atom. The van der Waals surface area contributed by atoms with Gasteiger partial charge >= 0.3 is 0 Å². The van der Waals surface area contributed by atoms with E-state index in [4.69, 9.17) is 4.74 Å². The van der Waals surface area contributed by atoms with Gasteiger partial charge in [0.25, 0.3) is 0 Å². The van der Waals surface area contributed by atoms with Crippen LogP contribution in [0.4, 0.5) is 18.9 Å². The van der Waals surface area contributed by atoms with E-state index in [2.05, 4.69) is 10.6 Å². The molecule has 7 nitrogen and oxygen atoms in total. The molecular formula is C31H40F3N3O4S. The Morgan fingerprint density at radius 3 is 2.64 bits per heavy atom. The molecule has 2 bridgehead atoms. The van der Waals surface area contributed by atoms with E-state index >= 15 is 4.39 Å². The Balaban J connectivity index is 1.33. The fraction of sp³-hybridized carbons (Fsp3) is 0.581. The summed E-state index contributed by atoms with van der Waals surface area (Å²) in [4.78, 5) is 13.5. The van der Waals surface area contributed by atoms with Gasteiger partial charge in [0.15, 0.2) is 11.6 Å². The van der Waals surface area contributed by atoms with Crippen molar-refractivity contribution in [2.75, 3.05) is 30.8 Å². The standard InChI is InChI=1S/C31H40F3N3O4S/c1-31(2)17-21(13-14-41-31)26(20-5-7-22(32)8-6-20)16-29(38)36-28-12-11-27(33)30(34)25(28)10-9-24-18-35-23-4-3-15-42(39,40)37(24)19-23/h5-8,11-12,21,23-24,26,35H,3-4,9-10,13-19H2,1-2H3,(H,36,38)/t21?,23-,24?,26?/m1/s1. The zero-order valence-electron chi connectivity index (χ0n) is 24.2. The minimum absolute atomic E-state index is 0.0169. The van der Waals surface area contributed by atoms with Gasteiger partial charge in [0.05, 0.1) is 11.4 Å². The maximum absolute atomic E-state index is 15.2. The zero-order valence-corrected chi connectivity index (χ0v) is 25.0. The third-order valence-corrected chi connectivity index (χ3v) is 10.9. The van der Waals surface area contributed by atoms with Gasteiger partial charge in [0.2, 0.25) is 15.9 Å². The van der Waals surface area contributed by atoms with E-state index in [0.717, 1.165) is 24.5 Å². The minimum atomic E-state index is -3.43. The molecule has 3 fully saturated rings. The first-order valence-corrected chi connectivity index (χ1v) is 16.4. The van der Waals surface area contributed by atoms with Crippen LogP contribution < -0.4 is 10.6 Å². The van der Waals surface area contributed by atoms with Crippen molar-refractivity contribution >= 4 is 21.6 Å². The molecule has 3 aliphatic heterocycles. The van der Waals surface area contributed by atoms with Crippen LogP contribution in [0.15, 0.2) is 36.4 Å². The smallest absolute Gasteiger partial charge is 0.225 e. The lowest BCUT2D eigenvalue weighted by atomic mass is 9.75. The Bertz CT molecular complexity index is 1390. The van der Waals surface area contributed by atoms with E-state index in [0.29, 0.717) is 32.5 Å². The van der Waals surface area contributed by atoms with Gasteiger partial charge in [-0.25, -0.2) is 21.6 Å². The van der Waals surface area contributed by atoms with Crippen molar-refractivity contribution in [1.29, 1.82) is 0 Å². The number of carbonyl (C=O) groups is 1. The van der Waals surface area contributed by atoms with Crippen LogP contribution in [0.3, 0.4) is 0 Å². The summed E-state index contributed by atoms with van der Waals surface area (Å²) in [6.45, 7) is 5.37. The first-order chi connectivity index (χ1) is 19.9. The van der Waals surface area contributed by atoms with Crippen molar-refractivity contribution in [3.05, 3.63) is 65.0 Å². The second kappa shape index (κ2) is 12.6. The van der Waals surface area contributed by atoms with Crippen LogP contribution in [0.2, 0.25) is 0 Å². The van der Waals surface area contributed by atoms with E-state index < -0.39 is 27.7 Å². The van der Waals surface area contributed by atoms with Crippen LogP contribution in [0.5, 0.6) is 0 Å². The van der Waals surface area contributed by atoms with E-state index in [1.807, 2.05) is 13.8 Å². The van der Waals surface area contributed by atoms with Gasteiger partial charge in [-0.1, -0.05) is 12.1 Å². The number of nitrogens with zero attached hydrogens (tertiary/aromatic N) is 1. The normalized spacial score (nSPS) is 27.5. The molecule has 230 valence electrons. The molecule has 3 saturated heterocycles. The predicted molar refractivity (Wildman–Crippen MR) is 155 cm³/mol. The van der Waals surface area contributed by atoms with E-state index in [-0.39, 0.29) is 71.5 Å². The lowest BCUT2D eigenvalue weighted by molar-refractivity contribution is -0.118. The molecule has 0 radical (unpaired) electrons. The second-order valence-electron chi connectivity index (χ2n) is 12.5. The van der Waals surface area contributed by atoms with Crippen molar-refractivity contribution in [2.24, 2.45) is 5.92 Å². The summed E-state index contributed by atoms with van der Waals surface area (Å²) in [7, 11) is -3.43. The topological polar surface area (TPSA) is 87.7 Å². The number of rotatable bonds is 8. The molecule has 1 amide bonds. The number of halogens is 3. The van der Waals surface area contributed by atoms with Crippen molar-refractivity contribution in [1.82, 2.24) is 9.62 Å². The number of sulfonamides is 1. The van der Waals surface area contributed by atoms with E-state index in [1.54, 1.807) is 12.1 Å². The molecule has 4 unspecified atom stereocenters. The van der Waals surface area contributed by atoms with Crippen LogP contribution >= 0.6 is 0 Å². The fourth-order valence-corrected chi connectivity index (χ4v) is 8.61. The number of anilines is 1. The van der Waals surface area contributed by atoms with Gasteiger partial charge in [0, 0.05) is 49.5 Å². The van der Waals surface area contributed by atoms with Crippen molar-refractivity contribution in [3.63, 3.8) is 0 Å². The Labute approximate surface area is 246 Å². The van der Waals surface area contributed by atoms with Crippen LogP contribution in [0.25, 0.3) is 0 Å². The molecule has 42 heavy (non-hydrogen) atoms. The molecule has 0 spiro atoms. The molecule has 11 heteroatoms. The monoisotopic (exact) mass is 607 g/mol. The molecule has 0 aliphatic carbocycles. The molecule has 2 aromatic rings. The average molecular weight is 608 g/mol. The van der Waals surface area contributed by atoms with Crippen LogP contribution in [-0.2, 0) is 26.0 Å². The minimum Gasteiger partial charge on any atom is -0.376 e. The molecule has 5 rings (SSSR count). The highest BCUT2D eigenvalue weighted by Gasteiger charge is 2.38. The van der Waals surface area contributed by atoms with Crippen LogP contribution in [-0.4, -0.2) is 61.8 Å². The molecular weight excluding hydrogens is 567 g/mol. The molecule has 2 N–H and O–H groups in total. The number of ether oxygens (including phenoxy) is 1. The van der Waals surface area contributed by atoms with E-state index in [1.165, 1.54) is 22.5 Å². The maximum Gasteiger partial charge on any atom is 0.225 e. The molecule has 3 heterocycles. The number of nitrogens with one attached hydrogen (secondary N) is 2. The molecule has 2 aromatic carbocycles. The Kier molecular flexibility index (Phi) is 9.32. The summed E-state index contributed by atoms with van der Waals surface area (Å²) in [5.74, 6) is -2.84. The molecule has 3 aliphatic rings. The van der Waals surface area contributed by atoms with Crippen LogP contribution in [0, 0.1) is 23.4 Å². The number of amides is 1. The maximum atomic E-state index is 15.2. The van der Waals surface area contributed by atoms with Crippen LogP contribution in [0.1, 0.15) is 69.4 Å². The lowest BCUT2D eigenvalue weighted by Crippen LogP contribution is -2.57. The number of hydrogen-bond acceptors (Lipinski definition) is 5. The summed E-state index contributed by atoms with van der Waals surface area (Å²) < 4.78 is 76.3. The highest BCUT2D eigenvalue weighted by Crippen LogP contribution is 2.40. The molecule has 0 aromatic heterocycles. The molecule has 0 saturated carbocycles. The van der Waals surface area contributed by atoms with Crippen molar-refractivity contribution in [2.45, 2.75) is 82.4 Å². The SMILES string of the molecule is CC1(C)CC(C(CC(=O)Nc2ccc(F)c(F)c2CCC2CN[C@@H]3CCCS(=O)(=O)N2C3)c2ccc(F)cc2)CCO1. The average Bonchev–Trinajstić information content (AvgIpc) is 3.05. The van der Waals surface area contributed by atoms with Gasteiger partial charge in [-0.2, -0.15) is 4.31 Å². The second-order valence-corrected chi connectivity index (χ2v) is 14.5. The number of benzene rings is 2. The number of fused-ring (bicyclic) bond motifs is 2. The Morgan fingerprint density at radius 1 is 1.14 bits per heavy atom. The van der Waals surface area contributed by atoms with E-state index in [9.17, 15) is 22.0 Å².